The monoisotopic (exact) mass is 258 g/mol. The molecule has 5 heteroatoms. The number of nitro groups is 1. The molecule has 0 radical (unpaired) electrons. The minimum atomic E-state index is -0.393. The van der Waals surface area contributed by atoms with Gasteiger partial charge in [-0.15, -0.1) is 0 Å². The van der Waals surface area contributed by atoms with E-state index in [9.17, 15) is 14.9 Å². The number of benzene rings is 1. The van der Waals surface area contributed by atoms with Gasteiger partial charge in [0.15, 0.2) is 0 Å². The molecule has 98 valence electrons. The Morgan fingerprint density at radius 1 is 1.26 bits per heavy atom. The summed E-state index contributed by atoms with van der Waals surface area (Å²) >= 11 is 0. The second-order valence-corrected chi connectivity index (χ2v) is 4.37. The van der Waals surface area contributed by atoms with Gasteiger partial charge in [-0.3, -0.25) is 14.9 Å². The zero-order chi connectivity index (χ0) is 13.8. The minimum Gasteiger partial charge on any atom is -0.322 e. The molecule has 0 unspecified atom stereocenters. The Balaban J connectivity index is 2.16. The smallest absolute Gasteiger partial charge is 0.251 e. The molecule has 0 saturated heterocycles. The van der Waals surface area contributed by atoms with Crippen LogP contribution in [0.4, 0.5) is 5.69 Å². The summed E-state index contributed by atoms with van der Waals surface area (Å²) < 4.78 is 0. The summed E-state index contributed by atoms with van der Waals surface area (Å²) in [5, 5.41) is 13.5. The first-order valence-electron chi connectivity index (χ1n) is 5.99. The lowest BCUT2D eigenvalue weighted by Gasteiger charge is -2.14. The lowest BCUT2D eigenvalue weighted by molar-refractivity contribution is -0.428. The molecule has 0 spiro atoms. The number of para-hydroxylation sites is 1. The summed E-state index contributed by atoms with van der Waals surface area (Å²) in [5.41, 5.74) is 2.14. The summed E-state index contributed by atoms with van der Waals surface area (Å²) in [6, 6.07) is 9.14. The number of amides is 1. The summed E-state index contributed by atoms with van der Waals surface area (Å²) in [5.74, 6) is -0.192. The van der Waals surface area contributed by atoms with Crippen molar-refractivity contribution in [3.63, 3.8) is 0 Å². The van der Waals surface area contributed by atoms with Crippen molar-refractivity contribution in [2.45, 2.75) is 19.8 Å². The Morgan fingerprint density at radius 3 is 2.53 bits per heavy atom. The standard InChI is InChI=1S/C14H14N2O3/c1-10-9-12(16(18)19)7-8-13(10)14(17)15-11-5-3-2-4-6-11/h2-6,9H,7-8H2,1H3,(H,15,17). The molecular weight excluding hydrogens is 244 g/mol. The Morgan fingerprint density at radius 2 is 1.95 bits per heavy atom. The van der Waals surface area contributed by atoms with E-state index < -0.39 is 4.92 Å². The Kier molecular flexibility index (Phi) is 3.75. The first-order chi connectivity index (χ1) is 9.08. The van der Waals surface area contributed by atoms with Gasteiger partial charge in [-0.05, 0) is 31.1 Å². The van der Waals surface area contributed by atoms with Gasteiger partial charge in [0.2, 0.25) is 5.70 Å². The van der Waals surface area contributed by atoms with Crippen molar-refractivity contribution in [3.05, 3.63) is 63.4 Å². The highest BCUT2D eigenvalue weighted by molar-refractivity contribution is 6.04. The highest BCUT2D eigenvalue weighted by atomic mass is 16.6. The molecule has 0 heterocycles. The second kappa shape index (κ2) is 5.48. The molecular formula is C14H14N2O3. The maximum atomic E-state index is 12.1. The molecule has 0 aliphatic heterocycles. The number of carbonyl (C=O) groups is 1. The molecule has 1 aliphatic carbocycles. The van der Waals surface area contributed by atoms with Gasteiger partial charge in [-0.1, -0.05) is 18.2 Å². The van der Waals surface area contributed by atoms with E-state index in [1.165, 1.54) is 6.08 Å². The average Bonchev–Trinajstić information content (AvgIpc) is 2.39. The van der Waals surface area contributed by atoms with Crippen molar-refractivity contribution in [2.75, 3.05) is 5.32 Å². The predicted octanol–water partition coefficient (Wildman–Crippen LogP) is 2.90. The Bertz CT molecular complexity index is 574. The van der Waals surface area contributed by atoms with Gasteiger partial charge in [-0.25, -0.2) is 0 Å². The molecule has 5 nitrogen and oxygen atoms in total. The topological polar surface area (TPSA) is 72.2 Å². The van der Waals surface area contributed by atoms with E-state index in [2.05, 4.69) is 5.32 Å². The van der Waals surface area contributed by atoms with Gasteiger partial charge in [-0.2, -0.15) is 0 Å². The van der Waals surface area contributed by atoms with Gasteiger partial charge in [0, 0.05) is 23.8 Å². The van der Waals surface area contributed by atoms with E-state index in [4.69, 9.17) is 0 Å². The summed E-state index contributed by atoms with van der Waals surface area (Å²) in [6.07, 6.45) is 2.17. The number of allylic oxidation sites excluding steroid dienone is 3. The third-order valence-electron chi connectivity index (χ3n) is 3.03. The van der Waals surface area contributed by atoms with Gasteiger partial charge in [0.05, 0.1) is 4.92 Å². The van der Waals surface area contributed by atoms with Gasteiger partial charge in [0.25, 0.3) is 5.91 Å². The fourth-order valence-corrected chi connectivity index (χ4v) is 2.02. The molecule has 0 saturated carbocycles. The van der Waals surface area contributed by atoms with E-state index in [1.54, 1.807) is 19.1 Å². The summed E-state index contributed by atoms with van der Waals surface area (Å²) in [6.45, 7) is 1.72. The van der Waals surface area contributed by atoms with Gasteiger partial charge >= 0.3 is 0 Å². The number of nitrogens with zero attached hydrogens (tertiary/aromatic N) is 1. The Hall–Kier alpha value is -2.43. The van der Waals surface area contributed by atoms with Crippen LogP contribution in [0.1, 0.15) is 19.8 Å². The van der Waals surface area contributed by atoms with Gasteiger partial charge < -0.3 is 5.32 Å². The molecule has 1 aliphatic rings. The number of rotatable bonds is 3. The molecule has 1 N–H and O–H groups in total. The second-order valence-electron chi connectivity index (χ2n) is 4.37. The highest BCUT2D eigenvalue weighted by Gasteiger charge is 2.22. The van der Waals surface area contributed by atoms with Crippen LogP contribution in [-0.4, -0.2) is 10.8 Å². The lowest BCUT2D eigenvalue weighted by Crippen LogP contribution is -2.18. The largest absolute Gasteiger partial charge is 0.322 e. The van der Waals surface area contributed by atoms with Crippen LogP contribution in [0.15, 0.2) is 53.3 Å². The molecule has 0 aromatic heterocycles. The van der Waals surface area contributed by atoms with Crippen molar-refractivity contribution < 1.29 is 9.72 Å². The fourth-order valence-electron chi connectivity index (χ4n) is 2.02. The average molecular weight is 258 g/mol. The molecule has 1 aromatic rings. The SMILES string of the molecule is CC1=C(C(=O)Nc2ccccc2)CCC([N+](=O)[O-])=C1. The predicted molar refractivity (Wildman–Crippen MR) is 72.1 cm³/mol. The molecule has 0 atom stereocenters. The minimum absolute atomic E-state index is 0.161. The third-order valence-corrected chi connectivity index (χ3v) is 3.03. The number of hydrogen-bond acceptors (Lipinski definition) is 3. The normalized spacial score (nSPS) is 14.9. The summed E-state index contributed by atoms with van der Waals surface area (Å²) in [7, 11) is 0. The number of carbonyl (C=O) groups excluding carboxylic acids is 1. The molecule has 1 aromatic carbocycles. The van der Waals surface area contributed by atoms with Crippen molar-refractivity contribution >= 4 is 11.6 Å². The Labute approximate surface area is 110 Å². The van der Waals surface area contributed by atoms with Crippen LogP contribution in [0.2, 0.25) is 0 Å². The zero-order valence-electron chi connectivity index (χ0n) is 10.6. The number of hydrogen-bond donors (Lipinski definition) is 1. The number of anilines is 1. The van der Waals surface area contributed by atoms with Crippen LogP contribution < -0.4 is 5.32 Å². The first-order valence-corrected chi connectivity index (χ1v) is 5.99. The van der Waals surface area contributed by atoms with Crippen molar-refractivity contribution in [3.8, 4) is 0 Å². The van der Waals surface area contributed by atoms with Crippen LogP contribution in [0.3, 0.4) is 0 Å². The van der Waals surface area contributed by atoms with E-state index >= 15 is 0 Å². The third kappa shape index (κ3) is 3.07. The fraction of sp³-hybridized carbons (Fsp3) is 0.214. The molecule has 0 fully saturated rings. The summed E-state index contributed by atoms with van der Waals surface area (Å²) in [4.78, 5) is 22.4. The van der Waals surface area contributed by atoms with Crippen LogP contribution in [0, 0.1) is 10.1 Å². The van der Waals surface area contributed by atoms with E-state index in [1.807, 2.05) is 18.2 Å². The van der Waals surface area contributed by atoms with Crippen molar-refractivity contribution in [1.82, 2.24) is 0 Å². The zero-order valence-corrected chi connectivity index (χ0v) is 10.6. The van der Waals surface area contributed by atoms with Crippen molar-refractivity contribution in [2.24, 2.45) is 0 Å². The van der Waals surface area contributed by atoms with E-state index in [-0.39, 0.29) is 11.6 Å². The van der Waals surface area contributed by atoms with E-state index in [0.717, 1.165) is 5.69 Å². The van der Waals surface area contributed by atoms with E-state index in [0.29, 0.717) is 24.0 Å². The maximum Gasteiger partial charge on any atom is 0.251 e. The molecule has 1 amide bonds. The maximum absolute atomic E-state index is 12.1. The van der Waals surface area contributed by atoms with Gasteiger partial charge in [0.1, 0.15) is 0 Å². The highest BCUT2D eigenvalue weighted by Crippen LogP contribution is 2.25. The van der Waals surface area contributed by atoms with Crippen molar-refractivity contribution in [1.29, 1.82) is 0 Å². The first kappa shape index (κ1) is 13.0. The van der Waals surface area contributed by atoms with Crippen LogP contribution in [0.5, 0.6) is 0 Å². The molecule has 19 heavy (non-hydrogen) atoms. The van der Waals surface area contributed by atoms with Crippen LogP contribution in [-0.2, 0) is 4.79 Å². The molecule has 0 bridgehead atoms. The molecule has 2 rings (SSSR count). The van der Waals surface area contributed by atoms with Crippen LogP contribution in [0.25, 0.3) is 0 Å². The van der Waals surface area contributed by atoms with Crippen LogP contribution >= 0.6 is 0 Å². The number of nitrogens with one attached hydrogen (secondary N) is 1. The lowest BCUT2D eigenvalue weighted by atomic mass is 9.96. The quantitative estimate of drug-likeness (QED) is 0.669.